The molecule has 0 N–H and O–H groups in total. The van der Waals surface area contributed by atoms with Gasteiger partial charge in [-0.15, -0.1) is 0 Å². The lowest BCUT2D eigenvalue weighted by Gasteiger charge is -2.27. The molecule has 1 aromatic carbocycles. The average Bonchev–Trinajstić information content (AvgIpc) is 2.95. The third kappa shape index (κ3) is 3.16. The number of para-hydroxylation sites is 1. The van der Waals surface area contributed by atoms with Gasteiger partial charge in [-0.1, -0.05) is 29.8 Å². The highest BCUT2D eigenvalue weighted by atomic mass is 35.5. The molecule has 0 saturated heterocycles. The number of fused-ring (bicyclic) bond motifs is 1. The third-order valence-corrected chi connectivity index (χ3v) is 4.70. The Labute approximate surface area is 160 Å². The first-order chi connectivity index (χ1) is 12.7. The number of hydrogen-bond donors (Lipinski definition) is 0. The molecule has 3 rings (SSSR count). The van der Waals surface area contributed by atoms with Gasteiger partial charge >= 0.3 is 11.4 Å². The molecule has 142 valence electrons. The molecule has 2 heterocycles. The molecule has 2 aromatic heterocycles. The Kier molecular flexibility index (Phi) is 4.93. The number of imidazole rings is 1. The Hall–Kier alpha value is -2.87. The monoisotopic (exact) mass is 389 g/mol. The summed E-state index contributed by atoms with van der Waals surface area (Å²) in [5.41, 5.74) is -0.0940. The number of rotatable bonds is 4. The second-order valence-electron chi connectivity index (χ2n) is 6.54. The summed E-state index contributed by atoms with van der Waals surface area (Å²) in [5.74, 6) is -0.123. The number of hydrogen-bond acceptors (Lipinski definition) is 4. The smallest absolute Gasteiger partial charge is 0.310 e. The fourth-order valence-corrected chi connectivity index (χ4v) is 3.31. The molecule has 8 nitrogen and oxygen atoms in total. The van der Waals surface area contributed by atoms with Crippen molar-refractivity contribution >= 4 is 29.0 Å². The molecule has 0 aliphatic carbocycles. The van der Waals surface area contributed by atoms with Gasteiger partial charge in [0, 0.05) is 25.8 Å². The van der Waals surface area contributed by atoms with Gasteiger partial charge in [0.15, 0.2) is 5.15 Å². The Balaban J connectivity index is 2.11. The standard InChI is InChI=1S/C18H20ClN5O3/c1-11(2)23(12-8-6-5-7-9-12)14(25)10-13-15(19)20-16-21(3)17(26)22(4)18(27)24(13)16/h5-9,11H,10H2,1-4H3. The van der Waals surface area contributed by atoms with E-state index in [2.05, 4.69) is 4.98 Å². The van der Waals surface area contributed by atoms with Crippen molar-refractivity contribution in [2.24, 2.45) is 14.1 Å². The quantitative estimate of drug-likeness (QED) is 0.674. The van der Waals surface area contributed by atoms with Crippen LogP contribution in [0.1, 0.15) is 19.5 Å². The molecule has 3 aromatic rings. The van der Waals surface area contributed by atoms with Crippen molar-refractivity contribution in [1.82, 2.24) is 18.5 Å². The Morgan fingerprint density at radius 3 is 2.33 bits per heavy atom. The molecule has 0 aliphatic heterocycles. The van der Waals surface area contributed by atoms with E-state index in [9.17, 15) is 14.4 Å². The normalized spacial score (nSPS) is 11.3. The van der Waals surface area contributed by atoms with Crippen LogP contribution in [-0.4, -0.2) is 30.5 Å². The topological polar surface area (TPSA) is 81.6 Å². The summed E-state index contributed by atoms with van der Waals surface area (Å²) < 4.78 is 3.39. The van der Waals surface area contributed by atoms with Crippen molar-refractivity contribution in [3.63, 3.8) is 0 Å². The van der Waals surface area contributed by atoms with Gasteiger partial charge in [-0.25, -0.2) is 18.6 Å². The zero-order valence-corrected chi connectivity index (χ0v) is 16.3. The first-order valence-corrected chi connectivity index (χ1v) is 8.81. The molecular weight excluding hydrogens is 370 g/mol. The SMILES string of the molecule is CC(C)N(C(=O)Cc1c(Cl)nc2n(C)c(=O)n(C)c(=O)n12)c1ccccc1. The molecule has 0 radical (unpaired) electrons. The summed E-state index contributed by atoms with van der Waals surface area (Å²) in [6.45, 7) is 3.81. The van der Waals surface area contributed by atoms with Crippen LogP contribution in [0, 0.1) is 0 Å². The van der Waals surface area contributed by atoms with Gasteiger partial charge in [-0.05, 0) is 26.0 Å². The molecule has 0 spiro atoms. The molecular formula is C18H20ClN5O3. The van der Waals surface area contributed by atoms with Gasteiger partial charge in [0.05, 0.1) is 12.1 Å². The molecule has 27 heavy (non-hydrogen) atoms. The maximum Gasteiger partial charge on any atom is 0.339 e. The van der Waals surface area contributed by atoms with Crippen LogP contribution in [0.4, 0.5) is 5.69 Å². The molecule has 9 heteroatoms. The second kappa shape index (κ2) is 7.03. The second-order valence-corrected chi connectivity index (χ2v) is 6.90. The van der Waals surface area contributed by atoms with E-state index in [0.29, 0.717) is 0 Å². The van der Waals surface area contributed by atoms with E-state index in [1.54, 1.807) is 4.90 Å². The first kappa shape index (κ1) is 18.9. The highest BCUT2D eigenvalue weighted by molar-refractivity contribution is 6.30. The van der Waals surface area contributed by atoms with Crippen LogP contribution >= 0.6 is 11.6 Å². The minimum absolute atomic E-state index is 0.0263. The van der Waals surface area contributed by atoms with Crippen molar-refractivity contribution in [2.45, 2.75) is 26.3 Å². The fourth-order valence-electron chi connectivity index (χ4n) is 3.08. The van der Waals surface area contributed by atoms with E-state index in [1.165, 1.54) is 23.1 Å². The number of carbonyl (C=O) groups excluding carboxylic acids is 1. The molecule has 1 amide bonds. The maximum absolute atomic E-state index is 13.0. The summed E-state index contributed by atoms with van der Waals surface area (Å²) in [4.78, 5) is 43.5. The highest BCUT2D eigenvalue weighted by Gasteiger charge is 2.24. The maximum atomic E-state index is 13.0. The Morgan fingerprint density at radius 2 is 1.74 bits per heavy atom. The van der Waals surface area contributed by atoms with Crippen LogP contribution in [0.25, 0.3) is 5.78 Å². The largest absolute Gasteiger partial charge is 0.339 e. The Morgan fingerprint density at radius 1 is 1.11 bits per heavy atom. The molecule has 0 unspecified atom stereocenters. The number of anilines is 1. The van der Waals surface area contributed by atoms with Crippen molar-refractivity contribution in [1.29, 1.82) is 0 Å². The van der Waals surface area contributed by atoms with Crippen LogP contribution in [-0.2, 0) is 25.3 Å². The molecule has 0 aliphatic rings. The minimum atomic E-state index is -0.592. The van der Waals surface area contributed by atoms with Crippen LogP contribution < -0.4 is 16.3 Å². The predicted molar refractivity (Wildman–Crippen MR) is 103 cm³/mol. The minimum Gasteiger partial charge on any atom is -0.310 e. The van der Waals surface area contributed by atoms with Crippen molar-refractivity contribution < 1.29 is 4.79 Å². The molecule has 0 saturated carbocycles. The molecule has 0 bridgehead atoms. The molecule has 0 atom stereocenters. The lowest BCUT2D eigenvalue weighted by atomic mass is 10.2. The van der Waals surface area contributed by atoms with E-state index >= 15 is 0 Å². The molecule has 0 fully saturated rings. The number of aryl methyl sites for hydroxylation is 1. The van der Waals surface area contributed by atoms with Crippen molar-refractivity contribution in [2.75, 3.05) is 4.90 Å². The summed E-state index contributed by atoms with van der Waals surface area (Å²) in [6, 6.07) is 9.17. The van der Waals surface area contributed by atoms with Gasteiger partial charge in [0.1, 0.15) is 0 Å². The van der Waals surface area contributed by atoms with Gasteiger partial charge in [-0.2, -0.15) is 4.98 Å². The van der Waals surface area contributed by atoms with Gasteiger partial charge in [-0.3, -0.25) is 9.36 Å². The highest BCUT2D eigenvalue weighted by Crippen LogP contribution is 2.21. The summed E-state index contributed by atoms with van der Waals surface area (Å²) in [7, 11) is 2.87. The summed E-state index contributed by atoms with van der Waals surface area (Å²) >= 11 is 6.22. The third-order valence-electron chi connectivity index (χ3n) is 4.40. The van der Waals surface area contributed by atoms with Crippen LogP contribution in [0.5, 0.6) is 0 Å². The fraction of sp³-hybridized carbons (Fsp3) is 0.333. The first-order valence-electron chi connectivity index (χ1n) is 8.44. The van der Waals surface area contributed by atoms with E-state index < -0.39 is 11.4 Å². The predicted octanol–water partition coefficient (Wildman–Crippen LogP) is 1.37. The lowest BCUT2D eigenvalue weighted by molar-refractivity contribution is -0.118. The van der Waals surface area contributed by atoms with E-state index in [-0.39, 0.29) is 35.0 Å². The summed E-state index contributed by atoms with van der Waals surface area (Å²) in [5, 5.41) is 0.0263. The van der Waals surface area contributed by atoms with E-state index in [4.69, 9.17) is 11.6 Å². The number of halogens is 1. The van der Waals surface area contributed by atoms with Gasteiger partial charge in [0.2, 0.25) is 11.7 Å². The van der Waals surface area contributed by atoms with Crippen molar-refractivity contribution in [3.05, 3.63) is 62.1 Å². The van der Waals surface area contributed by atoms with Crippen molar-refractivity contribution in [3.8, 4) is 0 Å². The van der Waals surface area contributed by atoms with Crippen LogP contribution in [0.3, 0.4) is 0 Å². The zero-order valence-electron chi connectivity index (χ0n) is 15.5. The van der Waals surface area contributed by atoms with E-state index in [0.717, 1.165) is 10.3 Å². The number of benzene rings is 1. The van der Waals surface area contributed by atoms with Crippen LogP contribution in [0.2, 0.25) is 5.15 Å². The van der Waals surface area contributed by atoms with Gasteiger partial charge in [0.25, 0.3) is 0 Å². The number of aromatic nitrogens is 4. The lowest BCUT2D eigenvalue weighted by Crippen LogP contribution is -2.42. The number of amides is 1. The Bertz CT molecular complexity index is 1130. The number of carbonyl (C=O) groups is 1. The van der Waals surface area contributed by atoms with E-state index in [1.807, 2.05) is 44.2 Å². The number of nitrogens with zero attached hydrogens (tertiary/aromatic N) is 5. The van der Waals surface area contributed by atoms with Crippen LogP contribution in [0.15, 0.2) is 39.9 Å². The average molecular weight is 390 g/mol. The zero-order chi connectivity index (χ0) is 19.9. The van der Waals surface area contributed by atoms with Gasteiger partial charge < -0.3 is 4.90 Å². The summed E-state index contributed by atoms with van der Waals surface area (Å²) in [6.07, 6.45) is -0.124.